The molecule has 10 atom stereocenters. The van der Waals surface area contributed by atoms with E-state index < -0.39 is 76.0 Å². The third-order valence-corrected chi connectivity index (χ3v) is 11.3. The van der Waals surface area contributed by atoms with Crippen molar-refractivity contribution in [2.45, 2.75) is 49.2 Å². The van der Waals surface area contributed by atoms with Gasteiger partial charge in [-0.3, -0.25) is 27.2 Å². The highest BCUT2D eigenvalue weighted by atomic mass is 32.7. The van der Waals surface area contributed by atoms with Crippen molar-refractivity contribution in [3.63, 3.8) is 0 Å². The van der Waals surface area contributed by atoms with Gasteiger partial charge in [0.15, 0.2) is 58.8 Å². The van der Waals surface area contributed by atoms with Gasteiger partial charge >= 0.3 is 13.6 Å². The van der Waals surface area contributed by atoms with Gasteiger partial charge in [-0.05, 0) is 0 Å². The van der Waals surface area contributed by atoms with Crippen LogP contribution < -0.4 is 10.6 Å². The zero-order chi connectivity index (χ0) is 33.2. The van der Waals surface area contributed by atoms with E-state index in [0.29, 0.717) is 35.8 Å². The molecule has 14 bridgehead atoms. The number of imidazole rings is 2. The predicted octanol–water partition coefficient (Wildman–Crippen LogP) is 3.42. The Morgan fingerprint density at radius 3 is 1.58 bits per heavy atom. The van der Waals surface area contributed by atoms with Gasteiger partial charge in [-0.1, -0.05) is 36.6 Å². The Labute approximate surface area is 279 Å². The number of nitrogens with zero attached hydrogens (tertiary/aromatic N) is 8. The molecule has 0 saturated carbocycles. The molecule has 24 heteroatoms. The molecule has 0 amide bonds. The fourth-order valence-corrected chi connectivity index (χ4v) is 8.84. The largest absolute Gasteiger partial charge is 0.386 e. The van der Waals surface area contributed by atoms with Crippen molar-refractivity contribution in [3.8, 4) is 0 Å². The minimum Gasteiger partial charge on any atom is -0.365 e. The first-order valence-electron chi connectivity index (χ1n) is 14.5. The molecule has 0 unspecified atom stereocenters. The van der Waals surface area contributed by atoms with Gasteiger partial charge in [0.1, 0.15) is 37.1 Å². The Morgan fingerprint density at radius 1 is 0.708 bits per heavy atom. The molecule has 9 rings (SSSR count). The number of fused-ring (bicyclic) bond motifs is 10. The van der Waals surface area contributed by atoms with Crippen molar-refractivity contribution in [1.29, 1.82) is 0 Å². The highest BCUT2D eigenvalue weighted by Gasteiger charge is 2.54. The topological polar surface area (TPSA) is 201 Å². The monoisotopic (exact) mass is 746 g/mol. The molecule has 2 N–H and O–H groups in total. The van der Waals surface area contributed by atoms with Crippen molar-refractivity contribution in [2.75, 3.05) is 36.9 Å². The van der Waals surface area contributed by atoms with E-state index in [1.54, 1.807) is 0 Å². The van der Waals surface area contributed by atoms with Gasteiger partial charge in [-0.15, -0.1) is 0 Å². The maximum Gasteiger partial charge on any atom is 0.386 e. The third-order valence-electron chi connectivity index (χ3n) is 8.05. The smallest absolute Gasteiger partial charge is 0.365 e. The van der Waals surface area contributed by atoms with Gasteiger partial charge in [0.2, 0.25) is 0 Å². The second-order valence-electron chi connectivity index (χ2n) is 11.0. The van der Waals surface area contributed by atoms with E-state index >= 15 is 8.78 Å². The quantitative estimate of drug-likeness (QED) is 0.116. The van der Waals surface area contributed by atoms with E-state index in [2.05, 4.69) is 65.0 Å². The first-order chi connectivity index (χ1) is 23.1. The van der Waals surface area contributed by atoms with Gasteiger partial charge in [0.25, 0.3) is 0 Å². The lowest BCUT2D eigenvalue weighted by atomic mass is 10.1. The number of hydrogen-bond donors (Lipinski definition) is 4. The van der Waals surface area contributed by atoms with Crippen LogP contribution in [0.2, 0.25) is 0 Å². The summed E-state index contributed by atoms with van der Waals surface area (Å²) in [6.07, 6.45) is -3.91. The molecule has 48 heavy (non-hydrogen) atoms. The number of thiol groups is 2. The SMILES string of the molecule is O=[P@]1(S)OC[C@H]2O[C@@H]3[C@H](F)[C@@H]2O[P@](=O)(S)OC[C@H]2O[C@H]([C@H](F)[C@@H]2O1)n1cnc2c(ncnc21)NC/C=C\CNc1ncnc2c1ncn23. The summed E-state index contributed by atoms with van der Waals surface area (Å²) in [4.78, 5) is 25.7. The molecule has 4 aromatic heterocycles. The van der Waals surface area contributed by atoms with Crippen LogP contribution >= 0.6 is 38.1 Å². The van der Waals surface area contributed by atoms with Crippen molar-refractivity contribution >= 4 is 72.1 Å². The average Bonchev–Trinajstić information content (AvgIpc) is 3.81. The second-order valence-corrected chi connectivity index (χ2v) is 16.8. The predicted molar refractivity (Wildman–Crippen MR) is 169 cm³/mol. The fourth-order valence-electron chi connectivity index (χ4n) is 5.87. The molecular weight excluding hydrogens is 720 g/mol. The molecule has 9 heterocycles. The summed E-state index contributed by atoms with van der Waals surface area (Å²) in [6.45, 7) is -9.34. The highest BCUT2D eigenvalue weighted by molar-refractivity contribution is 8.44. The molecule has 0 spiro atoms. The van der Waals surface area contributed by atoms with E-state index in [1.807, 2.05) is 12.2 Å². The third kappa shape index (κ3) is 5.91. The zero-order valence-corrected chi connectivity index (χ0v) is 27.9. The summed E-state index contributed by atoms with van der Waals surface area (Å²) in [7, 11) is 0. The standard InChI is InChI=1S/C24H26F2N10O8P2S2/c25-13-17-11-5-39-46(38,48)44-18-12(6-40-45(37,47)43-17)42-24(14(18)26)36-10-34-16-20(30-8-32-22(16)36)28-4-2-1-3-27-19-15-21(31-7-29-19)35(9-33-15)23(13)41-11/h1-2,7-14,17-18,23-24H,3-6H2,(H,37,47)(H,38,48)(H,27,29,31)(H,28,30,32)/b2-1-/t11-,12-,13-,14-,17-,18-,23-,24-,45-,46+/m1/s1. The van der Waals surface area contributed by atoms with Gasteiger partial charge in [0, 0.05) is 13.1 Å². The van der Waals surface area contributed by atoms with E-state index in [1.165, 1.54) is 34.4 Å². The average molecular weight is 747 g/mol. The van der Waals surface area contributed by atoms with Crippen molar-refractivity contribution in [2.24, 2.45) is 0 Å². The van der Waals surface area contributed by atoms with Gasteiger partial charge in [-0.25, -0.2) is 47.8 Å². The Morgan fingerprint density at radius 2 is 1.15 bits per heavy atom. The van der Waals surface area contributed by atoms with Gasteiger partial charge in [0.05, 0.1) is 25.9 Å². The summed E-state index contributed by atoms with van der Waals surface area (Å²) in [5.41, 5.74) is 1.07. The van der Waals surface area contributed by atoms with Crippen molar-refractivity contribution < 1.29 is 45.5 Å². The lowest BCUT2D eigenvalue weighted by molar-refractivity contribution is -0.0544. The number of halogens is 2. The molecule has 3 fully saturated rings. The lowest BCUT2D eigenvalue weighted by Gasteiger charge is -2.28. The maximum atomic E-state index is 16.2. The number of hydrogen-bond acceptors (Lipinski definition) is 16. The van der Waals surface area contributed by atoms with Gasteiger partial charge < -0.3 is 20.1 Å². The van der Waals surface area contributed by atoms with Crippen LogP contribution in [0.5, 0.6) is 0 Å². The van der Waals surface area contributed by atoms with Gasteiger partial charge in [-0.2, -0.15) is 0 Å². The molecule has 4 aromatic rings. The van der Waals surface area contributed by atoms with Crippen LogP contribution in [0.4, 0.5) is 20.4 Å². The normalized spacial score (nSPS) is 38.0. The minimum absolute atomic E-state index is 0.215. The van der Waals surface area contributed by atoms with E-state index in [4.69, 9.17) is 27.6 Å². The summed E-state index contributed by atoms with van der Waals surface area (Å²) in [6, 6.07) is 0. The minimum atomic E-state index is -4.38. The number of anilines is 2. The maximum absolute atomic E-state index is 16.2. The Balaban J connectivity index is 1.21. The van der Waals surface area contributed by atoms with Crippen molar-refractivity contribution in [3.05, 3.63) is 37.5 Å². The van der Waals surface area contributed by atoms with Crippen LogP contribution in [0.3, 0.4) is 0 Å². The summed E-state index contributed by atoms with van der Waals surface area (Å²) in [5, 5.41) is 6.29. The van der Waals surface area contributed by atoms with Crippen LogP contribution in [0.15, 0.2) is 37.5 Å². The Bertz CT molecular complexity index is 1860. The second kappa shape index (κ2) is 12.5. The van der Waals surface area contributed by atoms with E-state index in [9.17, 15) is 9.13 Å². The summed E-state index contributed by atoms with van der Waals surface area (Å²) >= 11 is 8.10. The molecule has 0 radical (unpaired) electrons. The lowest BCUT2D eigenvalue weighted by Crippen LogP contribution is -2.36. The Hall–Kier alpha value is -2.78. The molecular formula is C24H26F2N10O8P2S2. The first kappa shape index (κ1) is 32.4. The highest BCUT2D eigenvalue weighted by Crippen LogP contribution is 2.60. The number of aromatic nitrogens is 8. The zero-order valence-electron chi connectivity index (χ0n) is 24.3. The fraction of sp³-hybridized carbons (Fsp3) is 0.500. The molecule has 3 saturated heterocycles. The van der Waals surface area contributed by atoms with Crippen LogP contribution in [0.1, 0.15) is 12.5 Å². The van der Waals surface area contributed by atoms with E-state index in [-0.39, 0.29) is 11.3 Å². The molecule has 0 aromatic carbocycles. The molecule has 5 aliphatic rings. The molecule has 256 valence electrons. The molecule has 18 nitrogen and oxygen atoms in total. The number of nitrogens with one attached hydrogen (secondary N) is 2. The number of ether oxygens (including phenoxy) is 2. The molecule has 5 aliphatic heterocycles. The van der Waals surface area contributed by atoms with Crippen LogP contribution in [0.25, 0.3) is 22.3 Å². The van der Waals surface area contributed by atoms with Crippen LogP contribution in [-0.4, -0.2) is 102 Å². The van der Waals surface area contributed by atoms with E-state index in [0.717, 1.165) is 0 Å². The number of alkyl halides is 2. The first-order valence-corrected chi connectivity index (χ1v) is 19.9. The Kier molecular flexibility index (Phi) is 8.46. The summed E-state index contributed by atoms with van der Waals surface area (Å²) in [5.74, 6) is 0.743. The van der Waals surface area contributed by atoms with Crippen molar-refractivity contribution in [1.82, 2.24) is 39.0 Å². The van der Waals surface area contributed by atoms with Crippen LogP contribution in [0, 0.1) is 0 Å². The molecule has 0 aliphatic carbocycles. The summed E-state index contributed by atoms with van der Waals surface area (Å²) < 4.78 is 96.0. The van der Waals surface area contributed by atoms with Crippen LogP contribution in [-0.2, 0) is 36.7 Å². The number of rotatable bonds is 0.